The summed E-state index contributed by atoms with van der Waals surface area (Å²) in [7, 11) is 0. The van der Waals surface area contributed by atoms with E-state index in [2.05, 4.69) is 48.9 Å². The largest absolute Gasteiger partial charge is 0.462 e. The van der Waals surface area contributed by atoms with E-state index in [0.29, 0.717) is 5.82 Å². The number of ether oxygens (including phenoxy) is 2. The summed E-state index contributed by atoms with van der Waals surface area (Å²) in [6.45, 7) is 7.61. The Hall–Kier alpha value is -3.57. The summed E-state index contributed by atoms with van der Waals surface area (Å²) < 4.78 is 49.2. The first-order valence-electron chi connectivity index (χ1n) is 12.3. The Labute approximate surface area is 216 Å². The second-order valence-corrected chi connectivity index (χ2v) is 7.89. The minimum Gasteiger partial charge on any atom is -0.462 e. The van der Waals surface area contributed by atoms with Crippen molar-refractivity contribution in [2.45, 2.75) is 52.4 Å². The van der Waals surface area contributed by atoms with Crippen molar-refractivity contribution >= 4 is 5.82 Å². The number of piperidine rings is 2. The van der Waals surface area contributed by atoms with E-state index in [1.54, 1.807) is 13.8 Å². The quantitative estimate of drug-likeness (QED) is 0.471. The highest BCUT2D eigenvalue weighted by Crippen LogP contribution is 2.25. The van der Waals surface area contributed by atoms with Gasteiger partial charge in [-0.2, -0.15) is 23.1 Å². The van der Waals surface area contributed by atoms with Crippen LogP contribution in [-0.2, 0) is 0 Å². The standard InChI is InChI=1S/C13H16FN3O.C8H6F2N2O.C5H11N/c1-2-3-9-18-13-11(14)12(15-10-16-13)17-7-5-4-6-8-17;1-2-3-4-13-8-6(9)7(10)11-5-12-8;1-2-4-6-5-3-1/h10H,4-9H2,1H3;5H,4H2,1H3;6H,1-5H2. The summed E-state index contributed by atoms with van der Waals surface area (Å²) in [4.78, 5) is 16.2. The highest BCUT2D eigenvalue weighted by atomic mass is 19.2. The lowest BCUT2D eigenvalue weighted by Crippen LogP contribution is -2.31. The van der Waals surface area contributed by atoms with Crippen LogP contribution in [-0.4, -0.2) is 59.3 Å². The fourth-order valence-corrected chi connectivity index (χ4v) is 3.36. The zero-order chi connectivity index (χ0) is 26.7. The predicted octanol–water partition coefficient (Wildman–Crippen LogP) is 3.92. The van der Waals surface area contributed by atoms with Gasteiger partial charge in [0.25, 0.3) is 17.7 Å². The van der Waals surface area contributed by atoms with Crippen molar-refractivity contribution in [3.63, 3.8) is 0 Å². The maximum Gasteiger partial charge on any atom is 0.257 e. The van der Waals surface area contributed by atoms with E-state index in [0.717, 1.165) is 32.3 Å². The van der Waals surface area contributed by atoms with E-state index in [1.807, 2.05) is 4.90 Å². The van der Waals surface area contributed by atoms with Crippen molar-refractivity contribution in [1.82, 2.24) is 25.3 Å². The van der Waals surface area contributed by atoms with Crippen molar-refractivity contribution in [3.05, 3.63) is 30.2 Å². The van der Waals surface area contributed by atoms with E-state index in [4.69, 9.17) is 9.47 Å². The second kappa shape index (κ2) is 17.8. The molecule has 0 atom stereocenters. The molecule has 200 valence electrons. The third-order valence-corrected chi connectivity index (χ3v) is 5.23. The summed E-state index contributed by atoms with van der Waals surface area (Å²) in [5.74, 6) is 7.44. The van der Waals surface area contributed by atoms with Crippen LogP contribution in [0.2, 0.25) is 0 Å². The molecule has 0 bridgehead atoms. The van der Waals surface area contributed by atoms with Gasteiger partial charge in [0.15, 0.2) is 19.0 Å². The molecule has 0 radical (unpaired) electrons. The van der Waals surface area contributed by atoms with Gasteiger partial charge >= 0.3 is 0 Å². The van der Waals surface area contributed by atoms with Gasteiger partial charge in [-0.3, -0.25) is 0 Å². The minimum absolute atomic E-state index is 0.0201. The molecular weight excluding hydrogens is 485 g/mol. The average molecular weight is 519 g/mol. The number of rotatable bonds is 5. The van der Waals surface area contributed by atoms with Gasteiger partial charge in [-0.1, -0.05) is 18.3 Å². The molecule has 0 aliphatic carbocycles. The molecule has 1 N–H and O–H groups in total. The number of hydrogen-bond donors (Lipinski definition) is 1. The molecule has 0 saturated carbocycles. The Morgan fingerprint density at radius 3 is 1.81 bits per heavy atom. The van der Waals surface area contributed by atoms with Crippen LogP contribution in [0.4, 0.5) is 19.0 Å². The molecule has 0 spiro atoms. The fraction of sp³-hybridized carbons (Fsp3) is 0.538. The molecule has 37 heavy (non-hydrogen) atoms. The maximum absolute atomic E-state index is 14.1. The van der Waals surface area contributed by atoms with E-state index >= 15 is 0 Å². The van der Waals surface area contributed by atoms with Gasteiger partial charge in [0, 0.05) is 13.1 Å². The van der Waals surface area contributed by atoms with Crippen LogP contribution in [0.25, 0.3) is 0 Å². The number of anilines is 1. The van der Waals surface area contributed by atoms with E-state index in [9.17, 15) is 13.2 Å². The van der Waals surface area contributed by atoms with Crippen molar-refractivity contribution < 1.29 is 22.6 Å². The Kier molecular flexibility index (Phi) is 14.3. The highest BCUT2D eigenvalue weighted by molar-refractivity contribution is 5.43. The molecule has 0 amide bonds. The Balaban J connectivity index is 0.000000220. The van der Waals surface area contributed by atoms with Gasteiger partial charge in [0.05, 0.1) is 0 Å². The molecule has 2 fully saturated rings. The summed E-state index contributed by atoms with van der Waals surface area (Å²) in [6.07, 6.45) is 9.77. The first-order chi connectivity index (χ1) is 18.1. The molecule has 2 aromatic heterocycles. The summed E-state index contributed by atoms with van der Waals surface area (Å²) >= 11 is 0. The van der Waals surface area contributed by atoms with Crippen LogP contribution in [0.15, 0.2) is 12.7 Å². The molecule has 2 aliphatic heterocycles. The van der Waals surface area contributed by atoms with E-state index in [-0.39, 0.29) is 19.1 Å². The van der Waals surface area contributed by atoms with Crippen LogP contribution in [0.1, 0.15) is 52.4 Å². The summed E-state index contributed by atoms with van der Waals surface area (Å²) in [5, 5.41) is 3.28. The third kappa shape index (κ3) is 10.9. The first-order valence-corrected chi connectivity index (χ1v) is 12.3. The normalized spacial score (nSPS) is 14.2. The number of halogens is 3. The topological polar surface area (TPSA) is 85.3 Å². The number of nitrogens with one attached hydrogen (secondary N) is 1. The maximum atomic E-state index is 14.1. The Morgan fingerprint density at radius 1 is 0.757 bits per heavy atom. The third-order valence-electron chi connectivity index (χ3n) is 5.23. The monoisotopic (exact) mass is 518 g/mol. The SMILES string of the molecule is C1CCNCC1.CC#CCOc1ncnc(F)c1F.CC#CCOc1ncnc(N2CCCCC2)c1F. The Morgan fingerprint density at radius 2 is 1.30 bits per heavy atom. The van der Waals surface area contributed by atoms with Crippen molar-refractivity contribution in [1.29, 1.82) is 0 Å². The van der Waals surface area contributed by atoms with Crippen LogP contribution >= 0.6 is 0 Å². The molecular formula is C26H33F3N6O2. The average Bonchev–Trinajstić information content (AvgIpc) is 2.94. The number of hydrogen-bond acceptors (Lipinski definition) is 8. The molecule has 11 heteroatoms. The molecule has 8 nitrogen and oxygen atoms in total. The smallest absolute Gasteiger partial charge is 0.257 e. The van der Waals surface area contributed by atoms with Crippen molar-refractivity contribution in [2.24, 2.45) is 0 Å². The van der Waals surface area contributed by atoms with Gasteiger partial charge in [-0.05, 0) is 59.0 Å². The Bertz CT molecular complexity index is 1060. The molecule has 2 aromatic rings. The minimum atomic E-state index is -1.23. The fourth-order valence-electron chi connectivity index (χ4n) is 3.36. The van der Waals surface area contributed by atoms with Gasteiger partial charge in [-0.15, -0.1) is 11.8 Å². The zero-order valence-corrected chi connectivity index (χ0v) is 21.3. The van der Waals surface area contributed by atoms with Gasteiger partial charge in [-0.25, -0.2) is 9.97 Å². The molecule has 0 aromatic carbocycles. The second-order valence-electron chi connectivity index (χ2n) is 7.89. The van der Waals surface area contributed by atoms with Gasteiger partial charge in [0.2, 0.25) is 11.6 Å². The summed E-state index contributed by atoms with van der Waals surface area (Å²) in [6, 6.07) is 0. The number of aromatic nitrogens is 4. The highest BCUT2D eigenvalue weighted by Gasteiger charge is 2.20. The lowest BCUT2D eigenvalue weighted by Gasteiger charge is -2.27. The molecule has 2 aliphatic rings. The van der Waals surface area contributed by atoms with E-state index in [1.165, 1.54) is 45.1 Å². The van der Waals surface area contributed by atoms with Crippen LogP contribution < -0.4 is 19.7 Å². The summed E-state index contributed by atoms with van der Waals surface area (Å²) in [5.41, 5.74) is 0. The zero-order valence-electron chi connectivity index (χ0n) is 21.3. The van der Waals surface area contributed by atoms with Gasteiger partial charge < -0.3 is 19.7 Å². The van der Waals surface area contributed by atoms with Crippen LogP contribution in [0.5, 0.6) is 11.8 Å². The van der Waals surface area contributed by atoms with Crippen LogP contribution in [0.3, 0.4) is 0 Å². The van der Waals surface area contributed by atoms with Gasteiger partial charge in [0.1, 0.15) is 12.7 Å². The molecule has 2 saturated heterocycles. The lowest BCUT2D eigenvalue weighted by atomic mass is 10.1. The molecule has 4 heterocycles. The van der Waals surface area contributed by atoms with Crippen LogP contribution in [0, 0.1) is 41.3 Å². The molecule has 0 unspecified atom stereocenters. The number of nitrogens with zero attached hydrogens (tertiary/aromatic N) is 5. The predicted molar refractivity (Wildman–Crippen MR) is 135 cm³/mol. The van der Waals surface area contributed by atoms with Crippen molar-refractivity contribution in [3.8, 4) is 35.4 Å². The lowest BCUT2D eigenvalue weighted by molar-refractivity contribution is 0.317. The first kappa shape index (κ1) is 29.7. The molecule has 4 rings (SSSR count). The van der Waals surface area contributed by atoms with Crippen molar-refractivity contribution in [2.75, 3.05) is 44.3 Å². The van der Waals surface area contributed by atoms with E-state index < -0.39 is 23.5 Å².